The summed E-state index contributed by atoms with van der Waals surface area (Å²) in [5, 5.41) is 4.67. The second-order valence-electron chi connectivity index (χ2n) is 7.89. The number of thiocarbonyl (C=S) groups is 1. The number of nitrogens with zero attached hydrogens (tertiary/aromatic N) is 3. The molecule has 1 aliphatic heterocycles. The predicted molar refractivity (Wildman–Crippen MR) is 136 cm³/mol. The van der Waals surface area contributed by atoms with Crippen LogP contribution in [0.25, 0.3) is 5.69 Å². The summed E-state index contributed by atoms with van der Waals surface area (Å²) in [6, 6.07) is 26.0. The maximum absolute atomic E-state index is 6.50. The molecule has 0 saturated carbocycles. The van der Waals surface area contributed by atoms with Gasteiger partial charge in [-0.3, -0.25) is 4.98 Å². The molecule has 4 aromatic rings. The van der Waals surface area contributed by atoms with Gasteiger partial charge in [-0.15, -0.1) is 0 Å². The standard InChI is InChI=1S/C26H23ClN4OS/c1-17-11-13-22(30(17)18-8-4-3-5-9-18)25-24(21-10-6-7-15-28-21)29-26(33)31(25)19-12-14-23(32-2)20(27)16-19/h3-16,24-25H,1-2H3,(H,29,33)/t24-,25-/m1/s1. The number of halogens is 1. The lowest BCUT2D eigenvalue weighted by Crippen LogP contribution is -2.30. The van der Waals surface area contributed by atoms with E-state index in [1.807, 2.05) is 60.8 Å². The van der Waals surface area contributed by atoms with Crippen LogP contribution in [0.15, 0.2) is 85.1 Å². The molecule has 1 N–H and O–H groups in total. The zero-order valence-corrected chi connectivity index (χ0v) is 19.8. The summed E-state index contributed by atoms with van der Waals surface area (Å²) >= 11 is 12.4. The minimum Gasteiger partial charge on any atom is -0.495 e. The van der Waals surface area contributed by atoms with Crippen LogP contribution in [-0.2, 0) is 0 Å². The predicted octanol–water partition coefficient (Wildman–Crippen LogP) is 6.02. The molecule has 1 aliphatic rings. The number of benzene rings is 2. The molecule has 1 saturated heterocycles. The van der Waals surface area contributed by atoms with E-state index >= 15 is 0 Å². The number of anilines is 1. The van der Waals surface area contributed by atoms with Gasteiger partial charge in [0.2, 0.25) is 0 Å². The van der Waals surface area contributed by atoms with Crippen LogP contribution in [0.1, 0.15) is 29.2 Å². The highest BCUT2D eigenvalue weighted by molar-refractivity contribution is 7.80. The summed E-state index contributed by atoms with van der Waals surface area (Å²) in [5.74, 6) is 0.625. The molecule has 2 atom stereocenters. The molecule has 0 amide bonds. The van der Waals surface area contributed by atoms with Gasteiger partial charge in [0.25, 0.3) is 0 Å². The highest BCUT2D eigenvalue weighted by Crippen LogP contribution is 2.44. The SMILES string of the molecule is COc1ccc(N2C(=S)N[C@H](c3ccccn3)[C@H]2c2ccc(C)n2-c2ccccc2)cc1Cl. The van der Waals surface area contributed by atoms with E-state index < -0.39 is 0 Å². The van der Waals surface area contributed by atoms with Crippen LogP contribution in [0.2, 0.25) is 5.02 Å². The van der Waals surface area contributed by atoms with E-state index in [0.717, 1.165) is 28.5 Å². The number of methoxy groups -OCH3 is 1. The molecule has 2 aromatic carbocycles. The van der Waals surface area contributed by atoms with Gasteiger partial charge in [0.15, 0.2) is 5.11 Å². The van der Waals surface area contributed by atoms with Crippen LogP contribution in [0, 0.1) is 6.92 Å². The third kappa shape index (κ3) is 3.86. The molecule has 0 bridgehead atoms. The molecule has 0 spiro atoms. The number of hydrogen-bond acceptors (Lipinski definition) is 3. The number of aryl methyl sites for hydroxylation is 1. The first-order valence-electron chi connectivity index (χ1n) is 10.7. The average molecular weight is 475 g/mol. The Labute approximate surface area is 203 Å². The van der Waals surface area contributed by atoms with Gasteiger partial charge < -0.3 is 19.5 Å². The van der Waals surface area contributed by atoms with Crippen LogP contribution >= 0.6 is 23.8 Å². The van der Waals surface area contributed by atoms with E-state index in [2.05, 4.69) is 51.0 Å². The van der Waals surface area contributed by atoms with Gasteiger partial charge in [0, 0.05) is 29.0 Å². The number of aromatic nitrogens is 2. The first kappa shape index (κ1) is 21.5. The van der Waals surface area contributed by atoms with Crippen molar-refractivity contribution in [2.75, 3.05) is 12.0 Å². The first-order valence-corrected chi connectivity index (χ1v) is 11.4. The Kier molecular flexibility index (Phi) is 5.79. The normalized spacial score (nSPS) is 17.8. The molecule has 0 unspecified atom stereocenters. The van der Waals surface area contributed by atoms with Gasteiger partial charge in [-0.2, -0.15) is 0 Å². The molecule has 0 radical (unpaired) electrons. The third-order valence-corrected chi connectivity index (χ3v) is 6.55. The second-order valence-corrected chi connectivity index (χ2v) is 8.68. The molecule has 7 heteroatoms. The van der Waals surface area contributed by atoms with E-state index in [0.29, 0.717) is 15.9 Å². The molecule has 5 nitrogen and oxygen atoms in total. The Balaban J connectivity index is 1.69. The summed E-state index contributed by atoms with van der Waals surface area (Å²) in [5.41, 5.74) is 5.15. The Hall–Kier alpha value is -3.35. The summed E-state index contributed by atoms with van der Waals surface area (Å²) < 4.78 is 7.63. The van der Waals surface area contributed by atoms with Crippen molar-refractivity contribution in [1.82, 2.24) is 14.9 Å². The first-order chi connectivity index (χ1) is 16.1. The lowest BCUT2D eigenvalue weighted by atomic mass is 10.0. The smallest absolute Gasteiger partial charge is 0.174 e. The van der Waals surface area contributed by atoms with Gasteiger partial charge in [-0.05, 0) is 73.7 Å². The van der Waals surface area contributed by atoms with Crippen molar-refractivity contribution in [2.45, 2.75) is 19.0 Å². The Morgan fingerprint density at radius 3 is 2.45 bits per heavy atom. The fourth-order valence-corrected chi connectivity index (χ4v) is 5.06. The zero-order chi connectivity index (χ0) is 22.9. The maximum Gasteiger partial charge on any atom is 0.174 e. The van der Waals surface area contributed by atoms with Crippen molar-refractivity contribution in [1.29, 1.82) is 0 Å². The summed E-state index contributed by atoms with van der Waals surface area (Å²) in [4.78, 5) is 6.77. The van der Waals surface area contributed by atoms with Crippen molar-refractivity contribution >= 4 is 34.6 Å². The van der Waals surface area contributed by atoms with E-state index in [4.69, 9.17) is 28.6 Å². The van der Waals surface area contributed by atoms with Crippen molar-refractivity contribution < 1.29 is 4.74 Å². The highest BCUT2D eigenvalue weighted by atomic mass is 35.5. The minimum atomic E-state index is -0.147. The number of rotatable bonds is 5. The molecular weight excluding hydrogens is 452 g/mol. The average Bonchev–Trinajstić information content (AvgIpc) is 3.39. The summed E-state index contributed by atoms with van der Waals surface area (Å²) in [6.45, 7) is 2.11. The van der Waals surface area contributed by atoms with Gasteiger partial charge in [-0.25, -0.2) is 0 Å². The fraction of sp³-hybridized carbons (Fsp3) is 0.154. The van der Waals surface area contributed by atoms with Gasteiger partial charge in [-0.1, -0.05) is 35.9 Å². The molecule has 3 heterocycles. The van der Waals surface area contributed by atoms with Gasteiger partial charge in [0.1, 0.15) is 11.8 Å². The second kappa shape index (κ2) is 8.89. The van der Waals surface area contributed by atoms with Crippen LogP contribution < -0.4 is 15.0 Å². The monoisotopic (exact) mass is 474 g/mol. The number of hydrogen-bond donors (Lipinski definition) is 1. The van der Waals surface area contributed by atoms with Crippen molar-refractivity contribution in [3.63, 3.8) is 0 Å². The molecular formula is C26H23ClN4OS. The van der Waals surface area contributed by atoms with Gasteiger partial charge in [0.05, 0.1) is 23.9 Å². The lowest BCUT2D eigenvalue weighted by molar-refractivity contribution is 0.415. The highest BCUT2D eigenvalue weighted by Gasteiger charge is 2.42. The maximum atomic E-state index is 6.50. The minimum absolute atomic E-state index is 0.142. The van der Waals surface area contributed by atoms with Gasteiger partial charge >= 0.3 is 0 Å². The Morgan fingerprint density at radius 1 is 0.970 bits per heavy atom. The Morgan fingerprint density at radius 2 is 1.76 bits per heavy atom. The number of para-hydroxylation sites is 1. The third-order valence-electron chi connectivity index (χ3n) is 5.94. The molecule has 166 valence electrons. The quantitative estimate of drug-likeness (QED) is 0.358. The number of ether oxygens (including phenoxy) is 1. The molecule has 5 rings (SSSR count). The summed E-state index contributed by atoms with van der Waals surface area (Å²) in [7, 11) is 1.61. The van der Waals surface area contributed by atoms with E-state index in [1.54, 1.807) is 7.11 Å². The van der Waals surface area contributed by atoms with E-state index in [1.165, 1.54) is 0 Å². The van der Waals surface area contributed by atoms with Crippen LogP contribution in [-0.4, -0.2) is 21.8 Å². The lowest BCUT2D eigenvalue weighted by Gasteiger charge is -2.29. The topological polar surface area (TPSA) is 42.3 Å². The fourth-order valence-electron chi connectivity index (χ4n) is 4.46. The van der Waals surface area contributed by atoms with E-state index in [9.17, 15) is 0 Å². The molecule has 1 fully saturated rings. The van der Waals surface area contributed by atoms with Crippen molar-refractivity contribution in [3.05, 3.63) is 107 Å². The van der Waals surface area contributed by atoms with Crippen molar-refractivity contribution in [3.8, 4) is 11.4 Å². The van der Waals surface area contributed by atoms with E-state index in [-0.39, 0.29) is 12.1 Å². The zero-order valence-electron chi connectivity index (χ0n) is 18.3. The van der Waals surface area contributed by atoms with Crippen LogP contribution in [0.3, 0.4) is 0 Å². The molecule has 0 aliphatic carbocycles. The number of pyridine rings is 1. The summed E-state index contributed by atoms with van der Waals surface area (Å²) in [6.07, 6.45) is 1.81. The van der Waals surface area contributed by atoms with Crippen molar-refractivity contribution in [2.24, 2.45) is 0 Å². The Bertz CT molecular complexity index is 1290. The largest absolute Gasteiger partial charge is 0.495 e. The van der Waals surface area contributed by atoms with Crippen LogP contribution in [0.4, 0.5) is 5.69 Å². The molecule has 2 aromatic heterocycles. The van der Waals surface area contributed by atoms with Crippen LogP contribution in [0.5, 0.6) is 5.75 Å². The number of nitrogens with one attached hydrogen (secondary N) is 1. The molecule has 33 heavy (non-hydrogen) atoms.